The number of alkyl halides is 3. The van der Waals surface area contributed by atoms with Gasteiger partial charge in [-0.25, -0.2) is 0 Å². The first-order valence-electron chi connectivity index (χ1n) is 8.76. The predicted octanol–water partition coefficient (Wildman–Crippen LogP) is 5.29. The predicted molar refractivity (Wildman–Crippen MR) is 103 cm³/mol. The fourth-order valence-electron chi connectivity index (χ4n) is 2.84. The van der Waals surface area contributed by atoms with Gasteiger partial charge in [0.05, 0.1) is 17.7 Å². The van der Waals surface area contributed by atoms with E-state index in [1.54, 1.807) is 42.6 Å². The average molecular weight is 398 g/mol. The Kier molecular flexibility index (Phi) is 5.77. The summed E-state index contributed by atoms with van der Waals surface area (Å²) in [5.74, 6) is -1.13. The summed E-state index contributed by atoms with van der Waals surface area (Å²) in [6.07, 6.45) is -3.37. The van der Waals surface area contributed by atoms with Gasteiger partial charge in [-0.2, -0.15) is 13.2 Å². The molecule has 2 aromatic carbocycles. The first-order chi connectivity index (χ1) is 13.7. The summed E-state index contributed by atoms with van der Waals surface area (Å²) in [7, 11) is 0. The Morgan fingerprint density at radius 3 is 2.48 bits per heavy atom. The van der Waals surface area contributed by atoms with Crippen LogP contribution >= 0.6 is 0 Å². The molecule has 0 bridgehead atoms. The third-order valence-electron chi connectivity index (χ3n) is 4.29. The van der Waals surface area contributed by atoms with E-state index in [9.17, 15) is 22.8 Å². The number of rotatable bonds is 5. The van der Waals surface area contributed by atoms with Crippen LogP contribution in [0.3, 0.4) is 0 Å². The van der Waals surface area contributed by atoms with Crippen LogP contribution in [-0.2, 0) is 11.0 Å². The Balaban J connectivity index is 1.71. The van der Waals surface area contributed by atoms with Gasteiger partial charge in [0.2, 0.25) is 5.91 Å². The number of anilines is 1. The minimum absolute atomic E-state index is 0.0111. The lowest BCUT2D eigenvalue weighted by Gasteiger charge is -2.12. The fourth-order valence-corrected chi connectivity index (χ4v) is 2.84. The highest BCUT2D eigenvalue weighted by Gasteiger charge is 2.32. The molecule has 29 heavy (non-hydrogen) atoms. The Labute approximate surface area is 165 Å². The number of Topliss-reactive ketones (excluding diaryl/α,β-unsaturated/α-hetero) is 1. The highest BCUT2D eigenvalue weighted by atomic mass is 19.4. The molecular formula is C22H17F3N2O2. The molecule has 148 valence electrons. The zero-order valence-electron chi connectivity index (χ0n) is 15.5. The van der Waals surface area contributed by atoms with Crippen LogP contribution in [0.5, 0.6) is 0 Å². The van der Waals surface area contributed by atoms with Crippen LogP contribution in [0.1, 0.15) is 27.9 Å². The molecule has 0 saturated heterocycles. The van der Waals surface area contributed by atoms with Gasteiger partial charge in [0.15, 0.2) is 5.78 Å². The number of aryl methyl sites for hydroxylation is 1. The minimum Gasteiger partial charge on any atom is -0.326 e. The molecule has 0 radical (unpaired) electrons. The maximum Gasteiger partial charge on any atom is 0.416 e. The van der Waals surface area contributed by atoms with Crippen LogP contribution in [0.2, 0.25) is 0 Å². The summed E-state index contributed by atoms with van der Waals surface area (Å²) in [6.45, 7) is 1.34. The van der Waals surface area contributed by atoms with Gasteiger partial charge >= 0.3 is 6.18 Å². The largest absolute Gasteiger partial charge is 0.416 e. The standard InChI is InChI=1S/C22H17F3N2O2/c1-14-8-9-17(12-18(14)22(23,24)25)27-21(29)13-20(28)16-6-4-5-15(11-16)19-7-2-3-10-26-19/h2-12H,13H2,1H3,(H,27,29). The lowest BCUT2D eigenvalue weighted by Crippen LogP contribution is -2.17. The van der Waals surface area contributed by atoms with Crippen molar-refractivity contribution in [3.8, 4) is 11.3 Å². The van der Waals surface area contributed by atoms with Gasteiger partial charge < -0.3 is 5.32 Å². The maximum atomic E-state index is 13.0. The van der Waals surface area contributed by atoms with Gasteiger partial charge in [-0.3, -0.25) is 14.6 Å². The van der Waals surface area contributed by atoms with Crippen molar-refractivity contribution >= 4 is 17.4 Å². The number of hydrogen-bond donors (Lipinski definition) is 1. The molecule has 1 amide bonds. The molecule has 0 aliphatic heterocycles. The van der Waals surface area contributed by atoms with Crippen molar-refractivity contribution < 1.29 is 22.8 Å². The van der Waals surface area contributed by atoms with Crippen LogP contribution in [0, 0.1) is 6.92 Å². The number of pyridine rings is 1. The number of benzene rings is 2. The number of hydrogen-bond acceptors (Lipinski definition) is 3. The van der Waals surface area contributed by atoms with E-state index in [2.05, 4.69) is 10.3 Å². The summed E-state index contributed by atoms with van der Waals surface area (Å²) in [6, 6.07) is 15.6. The highest BCUT2D eigenvalue weighted by Crippen LogP contribution is 2.33. The lowest BCUT2D eigenvalue weighted by atomic mass is 10.0. The molecule has 0 saturated carbocycles. The van der Waals surface area contributed by atoms with Gasteiger partial charge in [0.1, 0.15) is 0 Å². The van der Waals surface area contributed by atoms with E-state index in [0.29, 0.717) is 11.3 Å². The van der Waals surface area contributed by atoms with E-state index in [4.69, 9.17) is 0 Å². The fraction of sp³-hybridized carbons (Fsp3) is 0.136. The van der Waals surface area contributed by atoms with Crippen LogP contribution in [0.25, 0.3) is 11.3 Å². The molecule has 1 heterocycles. The van der Waals surface area contributed by atoms with Gasteiger partial charge in [0, 0.05) is 23.0 Å². The SMILES string of the molecule is Cc1ccc(NC(=O)CC(=O)c2cccc(-c3ccccn3)c2)cc1C(F)(F)F. The van der Waals surface area contributed by atoms with Gasteiger partial charge in [-0.05, 0) is 42.8 Å². The third-order valence-corrected chi connectivity index (χ3v) is 4.29. The molecule has 0 atom stereocenters. The zero-order chi connectivity index (χ0) is 21.0. The second-order valence-electron chi connectivity index (χ2n) is 6.47. The monoisotopic (exact) mass is 398 g/mol. The van der Waals surface area contributed by atoms with Crippen molar-refractivity contribution in [1.82, 2.24) is 4.98 Å². The quantitative estimate of drug-likeness (QED) is 0.469. The number of amides is 1. The number of aromatic nitrogens is 1. The van der Waals surface area contributed by atoms with Crippen LogP contribution in [-0.4, -0.2) is 16.7 Å². The Hall–Kier alpha value is -3.48. The molecular weight excluding hydrogens is 381 g/mol. The molecule has 4 nitrogen and oxygen atoms in total. The van der Waals surface area contributed by atoms with E-state index in [-0.39, 0.29) is 11.3 Å². The first kappa shape index (κ1) is 20.3. The van der Waals surface area contributed by atoms with Gasteiger partial charge in [0.25, 0.3) is 0 Å². The normalized spacial score (nSPS) is 11.2. The molecule has 0 aliphatic rings. The smallest absolute Gasteiger partial charge is 0.326 e. The average Bonchev–Trinajstić information content (AvgIpc) is 2.69. The van der Waals surface area contributed by atoms with Crippen molar-refractivity contribution in [1.29, 1.82) is 0 Å². The summed E-state index contributed by atoms with van der Waals surface area (Å²) >= 11 is 0. The van der Waals surface area contributed by atoms with Crippen molar-refractivity contribution in [3.63, 3.8) is 0 Å². The zero-order valence-corrected chi connectivity index (χ0v) is 15.5. The van der Waals surface area contributed by atoms with E-state index in [0.717, 1.165) is 11.6 Å². The number of ketones is 1. The molecule has 3 rings (SSSR count). The first-order valence-corrected chi connectivity index (χ1v) is 8.76. The van der Waals surface area contributed by atoms with Crippen molar-refractivity contribution in [2.24, 2.45) is 0 Å². The minimum atomic E-state index is -4.52. The number of nitrogens with zero attached hydrogens (tertiary/aromatic N) is 1. The number of carbonyl (C=O) groups excluding carboxylic acids is 2. The van der Waals surface area contributed by atoms with Crippen LogP contribution in [0.4, 0.5) is 18.9 Å². The molecule has 0 aliphatic carbocycles. The highest BCUT2D eigenvalue weighted by molar-refractivity contribution is 6.11. The number of halogens is 3. The molecule has 3 aromatic rings. The second kappa shape index (κ2) is 8.26. The Bertz CT molecular complexity index is 1050. The summed E-state index contributed by atoms with van der Waals surface area (Å²) < 4.78 is 39.0. The molecule has 0 spiro atoms. The van der Waals surface area contributed by atoms with E-state index in [1.165, 1.54) is 19.1 Å². The molecule has 0 fully saturated rings. The van der Waals surface area contributed by atoms with E-state index >= 15 is 0 Å². The molecule has 1 aromatic heterocycles. The van der Waals surface area contributed by atoms with E-state index in [1.807, 2.05) is 6.07 Å². The topological polar surface area (TPSA) is 59.1 Å². The van der Waals surface area contributed by atoms with Crippen molar-refractivity contribution in [2.45, 2.75) is 19.5 Å². The van der Waals surface area contributed by atoms with Gasteiger partial charge in [-0.15, -0.1) is 0 Å². The van der Waals surface area contributed by atoms with Crippen molar-refractivity contribution in [2.75, 3.05) is 5.32 Å². The molecule has 0 unspecified atom stereocenters. The summed E-state index contributed by atoms with van der Waals surface area (Å²) in [5, 5.41) is 2.36. The van der Waals surface area contributed by atoms with E-state index < -0.39 is 29.9 Å². The Morgan fingerprint density at radius 2 is 1.79 bits per heavy atom. The Morgan fingerprint density at radius 1 is 1.00 bits per heavy atom. The third kappa shape index (κ3) is 5.07. The number of nitrogens with one attached hydrogen (secondary N) is 1. The van der Waals surface area contributed by atoms with Crippen LogP contribution < -0.4 is 5.32 Å². The summed E-state index contributed by atoms with van der Waals surface area (Å²) in [4.78, 5) is 28.8. The second-order valence-corrected chi connectivity index (χ2v) is 6.47. The van der Waals surface area contributed by atoms with Crippen molar-refractivity contribution in [3.05, 3.63) is 83.6 Å². The lowest BCUT2D eigenvalue weighted by molar-refractivity contribution is -0.138. The molecule has 1 N–H and O–H groups in total. The molecule has 7 heteroatoms. The maximum absolute atomic E-state index is 13.0. The number of carbonyl (C=O) groups is 2. The van der Waals surface area contributed by atoms with Crippen LogP contribution in [0.15, 0.2) is 66.9 Å². The van der Waals surface area contributed by atoms with Gasteiger partial charge in [-0.1, -0.05) is 30.3 Å². The summed E-state index contributed by atoms with van der Waals surface area (Å²) in [5.41, 5.74) is 0.949.